The highest BCUT2D eigenvalue weighted by Gasteiger charge is 2.38. The van der Waals surface area contributed by atoms with Crippen molar-refractivity contribution < 1.29 is 19.1 Å². The lowest BCUT2D eigenvalue weighted by molar-refractivity contribution is -0.137. The third-order valence-electron chi connectivity index (χ3n) is 6.52. The summed E-state index contributed by atoms with van der Waals surface area (Å²) in [6.07, 6.45) is 0.0204. The fraction of sp³-hybridized carbons (Fsp3) is 0.500. The summed E-state index contributed by atoms with van der Waals surface area (Å²) < 4.78 is 11.1. The van der Waals surface area contributed by atoms with E-state index in [0.717, 1.165) is 0 Å². The van der Waals surface area contributed by atoms with E-state index in [1.54, 1.807) is 4.90 Å². The molecule has 0 unspecified atom stereocenters. The molecule has 0 aliphatic carbocycles. The molecule has 2 fully saturated rings. The third kappa shape index (κ3) is 6.61. The number of carbonyl (C=O) groups excluding carboxylic acids is 2. The van der Waals surface area contributed by atoms with Gasteiger partial charge in [0.15, 0.2) is 0 Å². The Labute approximate surface area is 208 Å². The normalized spacial score (nSPS) is 19.6. The summed E-state index contributed by atoms with van der Waals surface area (Å²) in [5, 5.41) is 0. The summed E-state index contributed by atoms with van der Waals surface area (Å²) in [7, 11) is 0. The summed E-state index contributed by atoms with van der Waals surface area (Å²) in [5.41, 5.74) is 1.78. The van der Waals surface area contributed by atoms with Gasteiger partial charge in [-0.1, -0.05) is 60.7 Å². The first-order valence-electron chi connectivity index (χ1n) is 12.5. The first-order valence-corrected chi connectivity index (χ1v) is 12.5. The number of ether oxygens (including phenoxy) is 2. The Morgan fingerprint density at radius 1 is 0.886 bits per heavy atom. The van der Waals surface area contributed by atoms with Gasteiger partial charge in [-0.3, -0.25) is 9.69 Å². The van der Waals surface area contributed by atoms with Crippen molar-refractivity contribution in [3.05, 3.63) is 71.8 Å². The van der Waals surface area contributed by atoms with Gasteiger partial charge in [0.2, 0.25) is 5.91 Å². The number of amides is 2. The molecule has 0 N–H and O–H groups in total. The molecule has 2 heterocycles. The van der Waals surface area contributed by atoms with Crippen molar-refractivity contribution in [3.63, 3.8) is 0 Å². The molecule has 2 aromatic carbocycles. The van der Waals surface area contributed by atoms with Crippen molar-refractivity contribution in [1.82, 2.24) is 14.7 Å². The molecule has 0 spiro atoms. The van der Waals surface area contributed by atoms with Crippen LogP contribution in [0.3, 0.4) is 0 Å². The zero-order chi connectivity index (χ0) is 24.8. The first-order chi connectivity index (χ1) is 16.8. The molecule has 2 aromatic rings. The van der Waals surface area contributed by atoms with Crippen LogP contribution in [0.2, 0.25) is 0 Å². The highest BCUT2D eigenvalue weighted by molar-refractivity contribution is 5.77. The van der Waals surface area contributed by atoms with Crippen molar-refractivity contribution in [2.75, 3.05) is 45.9 Å². The maximum Gasteiger partial charge on any atom is 0.410 e. The summed E-state index contributed by atoms with van der Waals surface area (Å²) in [6.45, 7) is 9.64. The van der Waals surface area contributed by atoms with Crippen LogP contribution in [0.25, 0.3) is 0 Å². The molecule has 1 atom stereocenters. The molecule has 0 bridgehead atoms. The fourth-order valence-corrected chi connectivity index (χ4v) is 4.87. The average molecular weight is 480 g/mol. The van der Waals surface area contributed by atoms with Gasteiger partial charge in [-0.2, -0.15) is 0 Å². The van der Waals surface area contributed by atoms with Crippen molar-refractivity contribution in [3.8, 4) is 0 Å². The Morgan fingerprint density at radius 3 is 2.00 bits per heavy atom. The summed E-state index contributed by atoms with van der Waals surface area (Å²) in [6, 6.07) is 20.6. The largest absolute Gasteiger partial charge is 0.444 e. The van der Waals surface area contributed by atoms with Crippen LogP contribution in [0.15, 0.2) is 60.7 Å². The SMILES string of the molecule is CC(C)(C)OC(=O)N1CCN(C(c2ccccc2)c2ccccc2)[C@H](CC(=O)N2CCOCC2)C1. The zero-order valence-electron chi connectivity index (χ0n) is 21.1. The lowest BCUT2D eigenvalue weighted by Gasteiger charge is -2.46. The Kier molecular flexibility index (Phi) is 8.08. The molecule has 0 aromatic heterocycles. The standard InChI is InChI=1S/C28H37N3O4/c1-28(2,3)35-27(33)30-14-15-31(24(21-30)20-25(32)29-16-18-34-19-17-29)26(22-10-6-4-7-11-22)23-12-8-5-9-13-23/h4-13,24,26H,14-21H2,1-3H3/t24-/m1/s1. The maximum absolute atomic E-state index is 13.3. The quantitative estimate of drug-likeness (QED) is 0.650. The second kappa shape index (κ2) is 11.2. The smallest absolute Gasteiger partial charge is 0.410 e. The molecule has 2 aliphatic heterocycles. The predicted molar refractivity (Wildman–Crippen MR) is 135 cm³/mol. The monoisotopic (exact) mass is 479 g/mol. The Morgan fingerprint density at radius 2 is 1.46 bits per heavy atom. The Bertz CT molecular complexity index is 931. The molecule has 2 aliphatic rings. The number of nitrogens with zero attached hydrogens (tertiary/aromatic N) is 3. The lowest BCUT2D eigenvalue weighted by atomic mass is 9.93. The van der Waals surface area contributed by atoms with Gasteiger partial charge in [-0.25, -0.2) is 4.79 Å². The van der Waals surface area contributed by atoms with Crippen molar-refractivity contribution in [2.45, 2.75) is 44.9 Å². The maximum atomic E-state index is 13.3. The number of hydrogen-bond donors (Lipinski definition) is 0. The highest BCUT2D eigenvalue weighted by Crippen LogP contribution is 2.33. The first kappa shape index (κ1) is 25.2. The van der Waals surface area contributed by atoms with Crippen molar-refractivity contribution in [1.29, 1.82) is 0 Å². The average Bonchev–Trinajstić information content (AvgIpc) is 2.86. The molecular formula is C28H37N3O4. The molecule has 4 rings (SSSR count). The van der Waals surface area contributed by atoms with Crippen LogP contribution in [0, 0.1) is 0 Å². The summed E-state index contributed by atoms with van der Waals surface area (Å²) >= 11 is 0. The minimum absolute atomic E-state index is 0.0133. The second-order valence-corrected chi connectivity index (χ2v) is 10.2. The number of piperazine rings is 1. The van der Waals surface area contributed by atoms with Crippen LogP contribution in [-0.4, -0.2) is 84.3 Å². The highest BCUT2D eigenvalue weighted by atomic mass is 16.6. The van der Waals surface area contributed by atoms with Crippen molar-refractivity contribution >= 4 is 12.0 Å². The fourth-order valence-electron chi connectivity index (χ4n) is 4.87. The number of rotatable bonds is 5. The second-order valence-electron chi connectivity index (χ2n) is 10.2. The summed E-state index contributed by atoms with van der Waals surface area (Å²) in [4.78, 5) is 32.3. The van der Waals surface area contributed by atoms with Crippen LogP contribution in [-0.2, 0) is 14.3 Å². The zero-order valence-corrected chi connectivity index (χ0v) is 21.1. The minimum Gasteiger partial charge on any atom is -0.444 e. The van der Waals surface area contributed by atoms with Gasteiger partial charge in [-0.15, -0.1) is 0 Å². The van der Waals surface area contributed by atoms with E-state index in [1.165, 1.54) is 11.1 Å². The number of hydrogen-bond acceptors (Lipinski definition) is 5. The lowest BCUT2D eigenvalue weighted by Crippen LogP contribution is -2.57. The van der Waals surface area contributed by atoms with E-state index in [1.807, 2.05) is 37.8 Å². The molecule has 0 radical (unpaired) electrons. The predicted octanol–water partition coefficient (Wildman–Crippen LogP) is 3.95. The van der Waals surface area contributed by atoms with E-state index in [4.69, 9.17) is 9.47 Å². The molecule has 188 valence electrons. The van der Waals surface area contributed by atoms with E-state index in [9.17, 15) is 9.59 Å². The third-order valence-corrected chi connectivity index (χ3v) is 6.52. The molecule has 0 saturated carbocycles. The van der Waals surface area contributed by atoms with E-state index in [0.29, 0.717) is 52.4 Å². The Balaban J connectivity index is 1.63. The molecule has 2 saturated heterocycles. The Hall–Kier alpha value is -2.90. The number of carbonyl (C=O) groups is 2. The van der Waals surface area contributed by atoms with Gasteiger partial charge < -0.3 is 19.3 Å². The van der Waals surface area contributed by atoms with Crippen LogP contribution in [0.4, 0.5) is 4.79 Å². The van der Waals surface area contributed by atoms with Crippen LogP contribution in [0.1, 0.15) is 44.4 Å². The van der Waals surface area contributed by atoms with Gasteiger partial charge in [0.05, 0.1) is 19.3 Å². The van der Waals surface area contributed by atoms with E-state index in [-0.39, 0.29) is 24.1 Å². The van der Waals surface area contributed by atoms with Gasteiger partial charge in [-0.05, 0) is 31.9 Å². The topological polar surface area (TPSA) is 62.3 Å². The molecule has 35 heavy (non-hydrogen) atoms. The number of morpholine rings is 1. The van der Waals surface area contributed by atoms with Crippen LogP contribution < -0.4 is 0 Å². The molecule has 2 amide bonds. The van der Waals surface area contributed by atoms with Gasteiger partial charge >= 0.3 is 6.09 Å². The molecule has 7 heteroatoms. The van der Waals surface area contributed by atoms with E-state index < -0.39 is 5.60 Å². The molecule has 7 nitrogen and oxygen atoms in total. The van der Waals surface area contributed by atoms with Gasteiger partial charge in [0.1, 0.15) is 5.60 Å². The van der Waals surface area contributed by atoms with E-state index in [2.05, 4.69) is 53.4 Å². The van der Waals surface area contributed by atoms with Gasteiger partial charge in [0.25, 0.3) is 0 Å². The van der Waals surface area contributed by atoms with E-state index >= 15 is 0 Å². The number of benzene rings is 2. The van der Waals surface area contributed by atoms with Crippen molar-refractivity contribution in [2.24, 2.45) is 0 Å². The summed E-state index contributed by atoms with van der Waals surface area (Å²) in [5.74, 6) is 0.106. The van der Waals surface area contributed by atoms with Gasteiger partial charge in [0, 0.05) is 45.2 Å². The molecular weight excluding hydrogens is 442 g/mol. The van der Waals surface area contributed by atoms with Crippen LogP contribution in [0.5, 0.6) is 0 Å². The van der Waals surface area contributed by atoms with Crippen LogP contribution >= 0.6 is 0 Å². The minimum atomic E-state index is -0.566.